The third-order valence-electron chi connectivity index (χ3n) is 3.44. The summed E-state index contributed by atoms with van der Waals surface area (Å²) >= 11 is 1.55. The number of aromatic nitrogens is 3. The average molecular weight is 306 g/mol. The van der Waals surface area contributed by atoms with Gasteiger partial charge in [0.15, 0.2) is 10.7 Å². The van der Waals surface area contributed by atoms with Crippen molar-refractivity contribution in [1.29, 1.82) is 5.26 Å². The van der Waals surface area contributed by atoms with Crippen LogP contribution in [-0.4, -0.2) is 14.4 Å². The molecular weight excluding hydrogens is 296 g/mol. The fourth-order valence-corrected chi connectivity index (χ4v) is 3.40. The molecule has 106 valence electrons. The summed E-state index contributed by atoms with van der Waals surface area (Å²) < 4.78 is 7.49. The molecule has 0 atom stereocenters. The van der Waals surface area contributed by atoms with Crippen molar-refractivity contribution in [3.05, 3.63) is 54.0 Å². The molecule has 0 fully saturated rings. The Morgan fingerprint density at radius 1 is 1.27 bits per heavy atom. The summed E-state index contributed by atoms with van der Waals surface area (Å²) in [4.78, 5) is 9.54. The predicted octanol–water partition coefficient (Wildman–Crippen LogP) is 3.78. The zero-order valence-electron chi connectivity index (χ0n) is 11.4. The van der Waals surface area contributed by atoms with E-state index in [1.165, 1.54) is 0 Å². The van der Waals surface area contributed by atoms with Crippen molar-refractivity contribution in [2.45, 2.75) is 6.42 Å². The van der Waals surface area contributed by atoms with E-state index in [1.807, 2.05) is 34.0 Å². The van der Waals surface area contributed by atoms with Gasteiger partial charge in [0.05, 0.1) is 30.1 Å². The number of nitrogens with zero attached hydrogens (tertiary/aromatic N) is 4. The molecule has 6 heteroatoms. The Labute approximate surface area is 130 Å². The van der Waals surface area contributed by atoms with Crippen LogP contribution in [0.2, 0.25) is 0 Å². The fraction of sp³-hybridized carbons (Fsp3) is 0.0625. The van der Waals surface area contributed by atoms with Gasteiger partial charge in [-0.05, 0) is 24.3 Å². The van der Waals surface area contributed by atoms with Crippen LogP contribution in [0.25, 0.3) is 27.7 Å². The summed E-state index contributed by atoms with van der Waals surface area (Å²) in [6.45, 7) is 0. The molecule has 4 heterocycles. The van der Waals surface area contributed by atoms with Crippen LogP contribution in [0.5, 0.6) is 0 Å². The second-order valence-corrected chi connectivity index (χ2v) is 5.53. The van der Waals surface area contributed by atoms with Crippen molar-refractivity contribution in [2.75, 3.05) is 0 Å². The number of fused-ring (bicyclic) bond motifs is 1. The summed E-state index contributed by atoms with van der Waals surface area (Å²) in [5.41, 5.74) is 3.64. The second kappa shape index (κ2) is 5.13. The maximum absolute atomic E-state index is 9.19. The van der Waals surface area contributed by atoms with Gasteiger partial charge in [0.1, 0.15) is 5.69 Å². The molecule has 0 saturated carbocycles. The highest BCUT2D eigenvalue weighted by atomic mass is 32.1. The summed E-state index contributed by atoms with van der Waals surface area (Å²) in [7, 11) is 0. The highest BCUT2D eigenvalue weighted by Gasteiger charge is 2.19. The maximum Gasteiger partial charge on any atom is 0.195 e. The Bertz CT molecular complexity index is 961. The molecule has 0 aliphatic rings. The first-order valence-electron chi connectivity index (χ1n) is 6.68. The number of pyridine rings is 1. The van der Waals surface area contributed by atoms with E-state index in [1.54, 1.807) is 30.0 Å². The molecule has 0 spiro atoms. The van der Waals surface area contributed by atoms with E-state index in [0.717, 1.165) is 27.6 Å². The number of hydrogen-bond acceptors (Lipinski definition) is 5. The SMILES string of the molecule is N#CCc1c(-c2ccco2)nc2scc(-c3ccncc3)n12. The molecule has 0 N–H and O–H groups in total. The minimum atomic E-state index is 0.270. The monoisotopic (exact) mass is 306 g/mol. The van der Waals surface area contributed by atoms with E-state index in [0.29, 0.717) is 5.76 Å². The summed E-state index contributed by atoms with van der Waals surface area (Å²) in [5, 5.41) is 11.2. The summed E-state index contributed by atoms with van der Waals surface area (Å²) in [5.74, 6) is 0.682. The Morgan fingerprint density at radius 3 is 2.86 bits per heavy atom. The van der Waals surface area contributed by atoms with Gasteiger partial charge in [-0.15, -0.1) is 11.3 Å². The molecule has 4 rings (SSSR count). The van der Waals surface area contributed by atoms with Gasteiger partial charge in [-0.2, -0.15) is 5.26 Å². The van der Waals surface area contributed by atoms with E-state index >= 15 is 0 Å². The zero-order valence-corrected chi connectivity index (χ0v) is 12.2. The van der Waals surface area contributed by atoms with E-state index in [9.17, 15) is 5.26 Å². The van der Waals surface area contributed by atoms with Crippen molar-refractivity contribution < 1.29 is 4.42 Å². The largest absolute Gasteiger partial charge is 0.463 e. The molecule has 0 aliphatic carbocycles. The van der Waals surface area contributed by atoms with Crippen LogP contribution in [0.4, 0.5) is 0 Å². The van der Waals surface area contributed by atoms with Gasteiger partial charge in [-0.3, -0.25) is 9.38 Å². The van der Waals surface area contributed by atoms with Gasteiger partial charge >= 0.3 is 0 Å². The highest BCUT2D eigenvalue weighted by molar-refractivity contribution is 7.15. The fourth-order valence-electron chi connectivity index (χ4n) is 2.49. The Hall–Kier alpha value is -2.91. The van der Waals surface area contributed by atoms with Gasteiger partial charge < -0.3 is 4.42 Å². The van der Waals surface area contributed by atoms with Crippen LogP contribution in [-0.2, 0) is 6.42 Å². The lowest BCUT2D eigenvalue weighted by molar-refractivity contribution is 0.580. The lowest BCUT2D eigenvalue weighted by atomic mass is 10.2. The summed E-state index contributed by atoms with van der Waals surface area (Å²) in [6.07, 6.45) is 5.40. The third-order valence-corrected chi connectivity index (χ3v) is 4.26. The number of rotatable bonds is 3. The van der Waals surface area contributed by atoms with E-state index in [4.69, 9.17) is 4.42 Å². The van der Waals surface area contributed by atoms with Gasteiger partial charge in [0.25, 0.3) is 0 Å². The topological polar surface area (TPSA) is 67.1 Å². The molecule has 5 nitrogen and oxygen atoms in total. The molecule has 4 aromatic rings. The number of imidazole rings is 1. The molecule has 4 aromatic heterocycles. The lowest BCUT2D eigenvalue weighted by Crippen LogP contribution is -1.94. The first-order chi connectivity index (χ1) is 10.9. The lowest BCUT2D eigenvalue weighted by Gasteiger charge is -2.03. The van der Waals surface area contributed by atoms with Crippen LogP contribution in [0.1, 0.15) is 5.69 Å². The number of hydrogen-bond donors (Lipinski definition) is 0. The second-order valence-electron chi connectivity index (χ2n) is 4.69. The number of nitriles is 1. The summed E-state index contributed by atoms with van der Waals surface area (Å²) in [6, 6.07) is 9.80. The van der Waals surface area contributed by atoms with Gasteiger partial charge in [0, 0.05) is 23.3 Å². The first-order valence-corrected chi connectivity index (χ1v) is 7.56. The van der Waals surface area contributed by atoms with E-state index < -0.39 is 0 Å². The molecule has 0 aliphatic heterocycles. The van der Waals surface area contributed by atoms with Gasteiger partial charge in [-0.1, -0.05) is 0 Å². The molecular formula is C16H10N4OS. The molecule has 0 bridgehead atoms. The van der Waals surface area contributed by atoms with Crippen LogP contribution < -0.4 is 0 Å². The molecule has 0 saturated heterocycles. The Kier molecular flexibility index (Phi) is 2.99. The third kappa shape index (κ3) is 1.91. The van der Waals surface area contributed by atoms with Crippen LogP contribution >= 0.6 is 11.3 Å². The van der Waals surface area contributed by atoms with Crippen molar-refractivity contribution in [3.8, 4) is 28.8 Å². The van der Waals surface area contributed by atoms with Gasteiger partial charge in [-0.25, -0.2) is 4.98 Å². The van der Waals surface area contributed by atoms with Crippen LogP contribution in [0, 0.1) is 11.3 Å². The zero-order chi connectivity index (χ0) is 14.9. The van der Waals surface area contributed by atoms with Crippen molar-refractivity contribution in [3.63, 3.8) is 0 Å². The Balaban J connectivity index is 2.00. The quantitative estimate of drug-likeness (QED) is 0.577. The molecule has 22 heavy (non-hydrogen) atoms. The predicted molar refractivity (Wildman–Crippen MR) is 83.3 cm³/mol. The van der Waals surface area contributed by atoms with Crippen LogP contribution in [0.3, 0.4) is 0 Å². The molecule has 0 unspecified atom stereocenters. The smallest absolute Gasteiger partial charge is 0.195 e. The van der Waals surface area contributed by atoms with Crippen molar-refractivity contribution in [2.24, 2.45) is 0 Å². The first kappa shape index (κ1) is 12.8. The van der Waals surface area contributed by atoms with Crippen LogP contribution in [0.15, 0.2) is 52.7 Å². The average Bonchev–Trinajstić information content (AvgIpc) is 3.25. The number of thiazole rings is 1. The highest BCUT2D eigenvalue weighted by Crippen LogP contribution is 2.33. The van der Waals surface area contributed by atoms with Crippen molar-refractivity contribution in [1.82, 2.24) is 14.4 Å². The molecule has 0 radical (unpaired) electrons. The molecule has 0 aromatic carbocycles. The van der Waals surface area contributed by atoms with Crippen molar-refractivity contribution >= 4 is 16.3 Å². The molecule has 0 amide bonds. The normalized spacial score (nSPS) is 10.9. The maximum atomic E-state index is 9.19. The number of furan rings is 1. The van der Waals surface area contributed by atoms with Gasteiger partial charge in [0.2, 0.25) is 0 Å². The standard InChI is InChI=1S/C16H10N4OS/c17-6-3-12-15(14-2-1-9-21-14)19-16-20(12)13(10-22-16)11-4-7-18-8-5-11/h1-2,4-5,7-10H,3H2. The van der Waals surface area contributed by atoms with E-state index in [2.05, 4.69) is 16.0 Å². The minimum absolute atomic E-state index is 0.270. The Morgan fingerprint density at radius 2 is 2.14 bits per heavy atom. The van der Waals surface area contributed by atoms with E-state index in [-0.39, 0.29) is 6.42 Å². The minimum Gasteiger partial charge on any atom is -0.463 e.